The molecule has 0 radical (unpaired) electrons. The summed E-state index contributed by atoms with van der Waals surface area (Å²) in [4.78, 5) is 33.9. The molecule has 24 heavy (non-hydrogen) atoms. The Bertz CT molecular complexity index is 779. The Labute approximate surface area is 137 Å². The molecule has 0 aliphatic carbocycles. The van der Waals surface area contributed by atoms with Gasteiger partial charge in [0.15, 0.2) is 0 Å². The normalized spacial score (nSPS) is 12.8. The standard InChI is InChI=1S/C16H18O8/c1-8(21-15(20)13(17)18)7-16(3,4)22-14(19)10-5-6-11-12(9(10)2)24-23-11/h5-6,8H,7H2,1-4H3,(H,17,18). The molecule has 0 aliphatic heterocycles. The van der Waals surface area contributed by atoms with Gasteiger partial charge in [0, 0.05) is 12.0 Å². The second-order valence-electron chi connectivity index (χ2n) is 6.11. The first-order valence-corrected chi connectivity index (χ1v) is 7.26. The Kier molecular flexibility index (Phi) is 4.68. The van der Waals surface area contributed by atoms with Gasteiger partial charge >= 0.3 is 17.9 Å². The fourth-order valence-electron chi connectivity index (χ4n) is 2.42. The molecule has 8 heteroatoms. The van der Waals surface area contributed by atoms with Gasteiger partial charge in [0.05, 0.1) is 5.56 Å². The van der Waals surface area contributed by atoms with Crippen LogP contribution in [0.4, 0.5) is 0 Å². The van der Waals surface area contributed by atoms with Crippen molar-refractivity contribution in [1.29, 1.82) is 0 Å². The predicted octanol–water partition coefficient (Wildman–Crippen LogP) is 2.68. The number of carboxylic acid groups (broad SMARTS) is 1. The largest absolute Gasteiger partial charge is 0.473 e. The van der Waals surface area contributed by atoms with Crippen LogP contribution in [0.1, 0.15) is 43.1 Å². The predicted molar refractivity (Wildman–Crippen MR) is 80.5 cm³/mol. The first-order valence-electron chi connectivity index (χ1n) is 7.26. The number of aliphatic carboxylic acids is 1. The lowest BCUT2D eigenvalue weighted by Gasteiger charge is -2.28. The SMILES string of the molecule is Cc1c(C(=O)OC(C)(C)CC(C)OC(=O)C(=O)O)ccc2ooc12. The molecule has 2 rings (SSSR count). The fourth-order valence-corrected chi connectivity index (χ4v) is 2.42. The molecule has 0 fully saturated rings. The molecule has 0 bridgehead atoms. The van der Waals surface area contributed by atoms with E-state index in [2.05, 4.69) is 0 Å². The van der Waals surface area contributed by atoms with Crippen molar-refractivity contribution in [3.63, 3.8) is 0 Å². The smallest absolute Gasteiger partial charge is 0.417 e. The van der Waals surface area contributed by atoms with Crippen LogP contribution in [0.15, 0.2) is 21.3 Å². The number of carboxylic acids is 1. The van der Waals surface area contributed by atoms with Crippen molar-refractivity contribution >= 4 is 29.1 Å². The molecule has 8 nitrogen and oxygen atoms in total. The van der Waals surface area contributed by atoms with E-state index >= 15 is 0 Å². The van der Waals surface area contributed by atoms with Crippen LogP contribution in [0.5, 0.6) is 0 Å². The van der Waals surface area contributed by atoms with E-state index in [4.69, 9.17) is 23.7 Å². The molecule has 0 saturated heterocycles. The van der Waals surface area contributed by atoms with Gasteiger partial charge in [0.25, 0.3) is 0 Å². The number of carbonyl (C=O) groups excluding carboxylic acids is 2. The molecule has 0 saturated carbocycles. The summed E-state index contributed by atoms with van der Waals surface area (Å²) in [5.74, 6) is -3.58. The van der Waals surface area contributed by atoms with Crippen molar-refractivity contribution in [2.45, 2.75) is 45.8 Å². The first kappa shape index (κ1) is 17.6. The maximum atomic E-state index is 12.4. The first-order chi connectivity index (χ1) is 11.1. The summed E-state index contributed by atoms with van der Waals surface area (Å²) in [6.07, 6.45) is -0.590. The third-order valence-corrected chi connectivity index (χ3v) is 3.44. The molecule has 0 aliphatic rings. The highest BCUT2D eigenvalue weighted by Crippen LogP contribution is 2.27. The lowest BCUT2D eigenvalue weighted by Crippen LogP contribution is -2.34. The third-order valence-electron chi connectivity index (χ3n) is 3.44. The Morgan fingerprint density at radius 2 is 1.92 bits per heavy atom. The second-order valence-corrected chi connectivity index (χ2v) is 6.11. The van der Waals surface area contributed by atoms with Gasteiger partial charge in [-0.3, -0.25) is 9.15 Å². The zero-order valence-corrected chi connectivity index (χ0v) is 13.7. The number of hydrogen-bond acceptors (Lipinski definition) is 7. The van der Waals surface area contributed by atoms with E-state index < -0.39 is 29.6 Å². The average Bonchev–Trinajstić information content (AvgIpc) is 2.38. The van der Waals surface area contributed by atoms with E-state index in [-0.39, 0.29) is 6.42 Å². The molecule has 1 unspecified atom stereocenters. The molecule has 1 N–H and O–H groups in total. The number of rotatable bonds is 5. The van der Waals surface area contributed by atoms with Gasteiger partial charge < -0.3 is 14.6 Å². The van der Waals surface area contributed by atoms with Crippen LogP contribution < -0.4 is 0 Å². The van der Waals surface area contributed by atoms with E-state index in [0.29, 0.717) is 22.3 Å². The Morgan fingerprint density at radius 1 is 1.25 bits per heavy atom. The van der Waals surface area contributed by atoms with Crippen LogP contribution in [0, 0.1) is 6.92 Å². The van der Waals surface area contributed by atoms with Gasteiger partial charge in [-0.25, -0.2) is 14.4 Å². The topological polar surface area (TPSA) is 116 Å². The highest BCUT2D eigenvalue weighted by Gasteiger charge is 2.30. The molecule has 0 spiro atoms. The average molecular weight is 338 g/mol. The van der Waals surface area contributed by atoms with Crippen LogP contribution in [0.25, 0.3) is 11.2 Å². The van der Waals surface area contributed by atoms with E-state index in [0.717, 1.165) is 0 Å². The van der Waals surface area contributed by atoms with Crippen molar-refractivity contribution in [2.24, 2.45) is 0 Å². The molecule has 1 aromatic heterocycles. The van der Waals surface area contributed by atoms with Gasteiger partial charge in [-0.05, 0) is 39.8 Å². The highest BCUT2D eigenvalue weighted by molar-refractivity contribution is 6.28. The summed E-state index contributed by atoms with van der Waals surface area (Å²) < 4.78 is 19.8. The molecular weight excluding hydrogens is 320 g/mol. The van der Waals surface area contributed by atoms with Crippen molar-refractivity contribution in [1.82, 2.24) is 0 Å². The second kappa shape index (κ2) is 6.38. The summed E-state index contributed by atoms with van der Waals surface area (Å²) in [6.45, 7) is 6.53. The lowest BCUT2D eigenvalue weighted by molar-refractivity contribution is -0.168. The summed E-state index contributed by atoms with van der Waals surface area (Å²) in [5, 5.41) is 8.53. The van der Waals surface area contributed by atoms with Crippen molar-refractivity contribution in [3.05, 3.63) is 23.3 Å². The Hall–Kier alpha value is -2.77. The van der Waals surface area contributed by atoms with E-state index in [1.54, 1.807) is 32.9 Å². The summed E-state index contributed by atoms with van der Waals surface area (Å²) in [6, 6.07) is 3.18. The maximum absolute atomic E-state index is 12.4. The summed E-state index contributed by atoms with van der Waals surface area (Å²) >= 11 is 0. The van der Waals surface area contributed by atoms with E-state index in [9.17, 15) is 14.4 Å². The lowest BCUT2D eigenvalue weighted by atomic mass is 10.0. The minimum Gasteiger partial charge on any atom is -0.473 e. The van der Waals surface area contributed by atoms with Gasteiger partial charge in [-0.2, -0.15) is 0 Å². The Balaban J connectivity index is 2.03. The number of carbonyl (C=O) groups is 3. The summed E-state index contributed by atoms with van der Waals surface area (Å²) in [7, 11) is 0. The Morgan fingerprint density at radius 3 is 2.46 bits per heavy atom. The molecule has 1 aromatic carbocycles. The number of ether oxygens (including phenoxy) is 2. The zero-order chi connectivity index (χ0) is 18.1. The number of aryl methyl sites for hydroxylation is 1. The molecule has 0 amide bonds. The van der Waals surface area contributed by atoms with Gasteiger partial charge in [-0.1, -0.05) is 0 Å². The van der Waals surface area contributed by atoms with E-state index in [1.165, 1.54) is 6.92 Å². The van der Waals surface area contributed by atoms with Crippen molar-refractivity contribution in [2.75, 3.05) is 0 Å². The van der Waals surface area contributed by atoms with E-state index in [1.807, 2.05) is 0 Å². The highest BCUT2D eigenvalue weighted by atomic mass is 17.0. The minimum atomic E-state index is -1.67. The number of esters is 2. The number of benzene rings is 1. The fraction of sp³-hybridized carbons (Fsp3) is 0.438. The monoisotopic (exact) mass is 338 g/mol. The van der Waals surface area contributed by atoms with Crippen LogP contribution in [-0.2, 0) is 19.1 Å². The quantitative estimate of drug-likeness (QED) is 0.502. The maximum Gasteiger partial charge on any atom is 0.417 e. The molecule has 1 heterocycles. The number of hydrogen-bond donors (Lipinski definition) is 1. The zero-order valence-electron chi connectivity index (χ0n) is 13.7. The van der Waals surface area contributed by atoms with Crippen LogP contribution in [-0.4, -0.2) is 34.7 Å². The third kappa shape index (κ3) is 3.76. The van der Waals surface area contributed by atoms with Crippen molar-refractivity contribution < 1.29 is 38.1 Å². The van der Waals surface area contributed by atoms with Crippen LogP contribution in [0.2, 0.25) is 0 Å². The van der Waals surface area contributed by atoms with Crippen molar-refractivity contribution in [3.8, 4) is 0 Å². The van der Waals surface area contributed by atoms with Crippen LogP contribution >= 0.6 is 0 Å². The van der Waals surface area contributed by atoms with Gasteiger partial charge in [-0.15, -0.1) is 0 Å². The molecular formula is C16H18O8. The minimum absolute atomic E-state index is 0.140. The van der Waals surface area contributed by atoms with Gasteiger partial charge in [0.2, 0.25) is 11.2 Å². The molecule has 130 valence electrons. The molecule has 1 atom stereocenters. The number of fused-ring (bicyclic) bond motifs is 1. The molecule has 2 aromatic rings. The summed E-state index contributed by atoms with van der Waals surface area (Å²) in [5.41, 5.74) is 1.01. The van der Waals surface area contributed by atoms with Crippen LogP contribution in [0.3, 0.4) is 0 Å². The van der Waals surface area contributed by atoms with Gasteiger partial charge in [0.1, 0.15) is 11.7 Å².